The minimum absolute atomic E-state index is 0.237. The summed E-state index contributed by atoms with van der Waals surface area (Å²) in [4.78, 5) is 35.3. The van der Waals surface area contributed by atoms with Gasteiger partial charge >= 0.3 is 5.97 Å². The SMILES string of the molecule is CNC(=O)Cn1c(-c2ccc(C)cc2C)ccc(C(=O)O)c1=O. The molecule has 1 aromatic heterocycles. The largest absolute Gasteiger partial charge is 0.477 e. The van der Waals surface area contributed by atoms with Crippen LogP contribution in [-0.2, 0) is 11.3 Å². The number of likely N-dealkylation sites (N-methyl/N-ethyl adjacent to an activating group) is 1. The van der Waals surface area contributed by atoms with Gasteiger partial charge in [-0.1, -0.05) is 23.8 Å². The highest BCUT2D eigenvalue weighted by Gasteiger charge is 2.17. The number of hydrogen-bond acceptors (Lipinski definition) is 3. The van der Waals surface area contributed by atoms with Gasteiger partial charge in [0.15, 0.2) is 0 Å². The third-order valence-electron chi connectivity index (χ3n) is 3.64. The molecule has 2 rings (SSSR count). The van der Waals surface area contributed by atoms with Crippen molar-refractivity contribution < 1.29 is 14.7 Å². The molecule has 0 saturated heterocycles. The van der Waals surface area contributed by atoms with Gasteiger partial charge in [0.1, 0.15) is 12.1 Å². The molecule has 0 unspecified atom stereocenters. The Bertz CT molecular complexity index is 837. The van der Waals surface area contributed by atoms with Gasteiger partial charge in [0.25, 0.3) is 5.56 Å². The van der Waals surface area contributed by atoms with E-state index in [1.54, 1.807) is 6.07 Å². The molecule has 0 aliphatic heterocycles. The van der Waals surface area contributed by atoms with Crippen LogP contribution in [0.3, 0.4) is 0 Å². The number of benzene rings is 1. The first kappa shape index (κ1) is 16.5. The van der Waals surface area contributed by atoms with Crippen molar-refractivity contribution in [3.63, 3.8) is 0 Å². The van der Waals surface area contributed by atoms with Crippen molar-refractivity contribution in [2.24, 2.45) is 0 Å². The highest BCUT2D eigenvalue weighted by atomic mass is 16.4. The molecule has 2 N–H and O–H groups in total. The Morgan fingerprint density at radius 3 is 2.43 bits per heavy atom. The van der Waals surface area contributed by atoms with E-state index >= 15 is 0 Å². The lowest BCUT2D eigenvalue weighted by Gasteiger charge is -2.15. The Morgan fingerprint density at radius 1 is 1.17 bits per heavy atom. The summed E-state index contributed by atoms with van der Waals surface area (Å²) in [7, 11) is 1.46. The van der Waals surface area contributed by atoms with Crippen LogP contribution in [0, 0.1) is 13.8 Å². The van der Waals surface area contributed by atoms with E-state index in [1.165, 1.54) is 17.7 Å². The Hall–Kier alpha value is -2.89. The van der Waals surface area contributed by atoms with Gasteiger partial charge in [0.05, 0.1) is 5.69 Å². The Kier molecular flexibility index (Phi) is 4.64. The fourth-order valence-corrected chi connectivity index (χ4v) is 2.46. The van der Waals surface area contributed by atoms with Gasteiger partial charge in [0, 0.05) is 12.6 Å². The summed E-state index contributed by atoms with van der Waals surface area (Å²) in [5.41, 5.74) is 2.27. The second kappa shape index (κ2) is 6.48. The first-order valence-corrected chi connectivity index (χ1v) is 7.10. The van der Waals surface area contributed by atoms with Crippen molar-refractivity contribution in [3.05, 3.63) is 57.4 Å². The number of aromatic carboxylic acids is 1. The summed E-state index contributed by atoms with van der Waals surface area (Å²) in [6.07, 6.45) is 0. The predicted molar refractivity (Wildman–Crippen MR) is 86.6 cm³/mol. The zero-order chi connectivity index (χ0) is 17.1. The van der Waals surface area contributed by atoms with Crippen molar-refractivity contribution in [2.45, 2.75) is 20.4 Å². The molecule has 0 fully saturated rings. The molecule has 6 heteroatoms. The van der Waals surface area contributed by atoms with E-state index in [9.17, 15) is 14.4 Å². The number of rotatable bonds is 4. The summed E-state index contributed by atoms with van der Waals surface area (Å²) < 4.78 is 1.19. The minimum atomic E-state index is -1.31. The van der Waals surface area contributed by atoms with Crippen LogP contribution in [0.1, 0.15) is 21.5 Å². The Labute approximate surface area is 133 Å². The molecule has 0 spiro atoms. The predicted octanol–water partition coefficient (Wildman–Crippen LogP) is 1.58. The summed E-state index contributed by atoms with van der Waals surface area (Å²) in [5.74, 6) is -1.69. The van der Waals surface area contributed by atoms with Crippen LogP contribution in [0.15, 0.2) is 35.1 Å². The zero-order valence-electron chi connectivity index (χ0n) is 13.2. The topological polar surface area (TPSA) is 88.4 Å². The normalized spacial score (nSPS) is 10.4. The number of aryl methyl sites for hydroxylation is 2. The van der Waals surface area contributed by atoms with Crippen molar-refractivity contribution >= 4 is 11.9 Å². The van der Waals surface area contributed by atoms with Gasteiger partial charge < -0.3 is 10.4 Å². The maximum atomic E-state index is 12.4. The Balaban J connectivity index is 2.72. The fraction of sp³-hybridized carbons (Fsp3) is 0.235. The van der Waals surface area contributed by atoms with Gasteiger partial charge in [-0.15, -0.1) is 0 Å². The highest BCUT2D eigenvalue weighted by molar-refractivity contribution is 5.88. The average molecular weight is 314 g/mol. The first-order chi connectivity index (χ1) is 10.8. The number of carboxylic acids is 1. The molecule has 1 amide bonds. The third-order valence-corrected chi connectivity index (χ3v) is 3.64. The smallest absolute Gasteiger partial charge is 0.341 e. The number of nitrogens with zero attached hydrogens (tertiary/aromatic N) is 1. The quantitative estimate of drug-likeness (QED) is 0.896. The van der Waals surface area contributed by atoms with Crippen LogP contribution in [0.25, 0.3) is 11.3 Å². The number of carboxylic acid groups (broad SMARTS) is 1. The van der Waals surface area contributed by atoms with Crippen molar-refractivity contribution in [3.8, 4) is 11.3 Å². The van der Waals surface area contributed by atoms with Crippen molar-refractivity contribution in [1.82, 2.24) is 9.88 Å². The van der Waals surface area contributed by atoms with Crippen LogP contribution in [0.5, 0.6) is 0 Å². The van der Waals surface area contributed by atoms with Crippen LogP contribution < -0.4 is 10.9 Å². The van der Waals surface area contributed by atoms with E-state index in [0.29, 0.717) is 5.69 Å². The van der Waals surface area contributed by atoms with E-state index in [4.69, 9.17) is 5.11 Å². The maximum Gasteiger partial charge on any atom is 0.341 e. The van der Waals surface area contributed by atoms with Crippen LogP contribution >= 0.6 is 0 Å². The van der Waals surface area contributed by atoms with Gasteiger partial charge in [-0.3, -0.25) is 14.2 Å². The molecule has 6 nitrogen and oxygen atoms in total. The third kappa shape index (κ3) is 3.31. The molecule has 0 aliphatic rings. The van der Waals surface area contributed by atoms with Crippen LogP contribution in [0.4, 0.5) is 0 Å². The first-order valence-electron chi connectivity index (χ1n) is 7.10. The number of amides is 1. The standard InChI is InChI=1S/C17H18N2O4/c1-10-4-5-12(11(2)8-10)14-7-6-13(17(22)23)16(21)19(14)9-15(20)18-3/h4-8H,9H2,1-3H3,(H,18,20)(H,22,23). The molecule has 0 atom stereocenters. The Morgan fingerprint density at radius 2 is 1.87 bits per heavy atom. The van der Waals surface area contributed by atoms with E-state index in [-0.39, 0.29) is 18.0 Å². The van der Waals surface area contributed by atoms with Crippen LogP contribution in [0.2, 0.25) is 0 Å². The maximum absolute atomic E-state index is 12.4. The lowest BCUT2D eigenvalue weighted by atomic mass is 10.0. The molecule has 0 saturated carbocycles. The van der Waals surface area contributed by atoms with Crippen molar-refractivity contribution in [2.75, 3.05) is 7.05 Å². The van der Waals surface area contributed by atoms with Gasteiger partial charge in [-0.25, -0.2) is 4.79 Å². The average Bonchev–Trinajstić information content (AvgIpc) is 2.49. The monoisotopic (exact) mass is 314 g/mol. The summed E-state index contributed by atoms with van der Waals surface area (Å²) >= 11 is 0. The minimum Gasteiger partial charge on any atom is -0.477 e. The number of aromatic nitrogens is 1. The second-order valence-corrected chi connectivity index (χ2v) is 5.32. The molecule has 2 aromatic rings. The van der Waals surface area contributed by atoms with E-state index < -0.39 is 11.5 Å². The number of carbonyl (C=O) groups is 2. The molecule has 1 aromatic carbocycles. The molecule has 0 aliphatic carbocycles. The lowest BCUT2D eigenvalue weighted by molar-refractivity contribution is -0.121. The number of carbonyl (C=O) groups excluding carboxylic acids is 1. The summed E-state index contributed by atoms with van der Waals surface area (Å²) in [5, 5.41) is 11.6. The van der Waals surface area contributed by atoms with Gasteiger partial charge in [-0.2, -0.15) is 0 Å². The van der Waals surface area contributed by atoms with Crippen LogP contribution in [-0.4, -0.2) is 28.6 Å². The number of pyridine rings is 1. The zero-order valence-corrected chi connectivity index (χ0v) is 13.2. The molecular weight excluding hydrogens is 296 g/mol. The summed E-state index contributed by atoms with van der Waals surface area (Å²) in [6, 6.07) is 8.57. The van der Waals surface area contributed by atoms with E-state index in [0.717, 1.165) is 16.7 Å². The van der Waals surface area contributed by atoms with E-state index in [1.807, 2.05) is 32.0 Å². The molecular formula is C17H18N2O4. The lowest BCUT2D eigenvalue weighted by Crippen LogP contribution is -2.33. The summed E-state index contributed by atoms with van der Waals surface area (Å²) in [6.45, 7) is 3.63. The van der Waals surface area contributed by atoms with Crippen molar-refractivity contribution in [1.29, 1.82) is 0 Å². The number of nitrogens with one attached hydrogen (secondary N) is 1. The molecule has 120 valence electrons. The fourth-order valence-electron chi connectivity index (χ4n) is 2.46. The molecule has 0 bridgehead atoms. The molecule has 0 radical (unpaired) electrons. The number of hydrogen-bond donors (Lipinski definition) is 2. The molecule has 23 heavy (non-hydrogen) atoms. The molecule has 1 heterocycles. The second-order valence-electron chi connectivity index (χ2n) is 5.32. The van der Waals surface area contributed by atoms with Gasteiger partial charge in [0.2, 0.25) is 5.91 Å². The highest BCUT2D eigenvalue weighted by Crippen LogP contribution is 2.23. The van der Waals surface area contributed by atoms with Gasteiger partial charge in [-0.05, 0) is 31.5 Å². The van der Waals surface area contributed by atoms with E-state index in [2.05, 4.69) is 5.32 Å².